The van der Waals surface area contributed by atoms with E-state index in [0.29, 0.717) is 17.5 Å². The Morgan fingerprint density at radius 1 is 1.12 bits per heavy atom. The van der Waals surface area contributed by atoms with Gasteiger partial charge in [-0.1, -0.05) is 23.4 Å². The molecule has 0 radical (unpaired) electrons. The van der Waals surface area contributed by atoms with Gasteiger partial charge in [0.1, 0.15) is 23.5 Å². The van der Waals surface area contributed by atoms with Crippen molar-refractivity contribution >= 4 is 17.5 Å². The van der Waals surface area contributed by atoms with Crippen molar-refractivity contribution in [3.8, 4) is 22.5 Å². The third-order valence-corrected chi connectivity index (χ3v) is 3.78. The Morgan fingerprint density at radius 2 is 1.96 bits per heavy atom. The molecule has 3 heterocycles. The van der Waals surface area contributed by atoms with E-state index in [1.807, 2.05) is 36.4 Å². The Kier molecular flexibility index (Phi) is 3.62. The fourth-order valence-electron chi connectivity index (χ4n) is 2.44. The van der Waals surface area contributed by atoms with E-state index < -0.39 is 0 Å². The van der Waals surface area contributed by atoms with Gasteiger partial charge in [0.05, 0.1) is 11.9 Å². The summed E-state index contributed by atoms with van der Waals surface area (Å²) >= 11 is 0. The largest absolute Gasteiger partial charge is 0.382 e. The molecule has 0 aliphatic rings. The molecule has 0 saturated carbocycles. The van der Waals surface area contributed by atoms with Crippen LogP contribution in [0.25, 0.3) is 22.5 Å². The topological polar surface area (TPSA) is 108 Å². The summed E-state index contributed by atoms with van der Waals surface area (Å²) in [6.07, 6.45) is 4.88. The molecule has 0 saturated heterocycles. The van der Waals surface area contributed by atoms with Crippen molar-refractivity contribution in [2.24, 2.45) is 7.05 Å². The molecule has 0 atom stereocenters. The Bertz CT molecular complexity index is 1010. The van der Waals surface area contributed by atoms with Crippen LogP contribution in [0.1, 0.15) is 0 Å². The molecule has 0 amide bonds. The lowest BCUT2D eigenvalue weighted by molar-refractivity contribution is 0.422. The number of hydrogen-bond acceptors (Lipinski definition) is 7. The van der Waals surface area contributed by atoms with E-state index >= 15 is 0 Å². The minimum absolute atomic E-state index is 0.448. The highest BCUT2D eigenvalue weighted by Crippen LogP contribution is 2.26. The maximum Gasteiger partial charge on any atom is 0.227 e. The maximum atomic E-state index is 5.94. The lowest BCUT2D eigenvalue weighted by Gasteiger charge is -2.07. The number of nitrogens with two attached hydrogens (primary N) is 1. The fraction of sp³-hybridized carbons (Fsp3) is 0.0588. The minimum atomic E-state index is 0.448. The molecule has 124 valence electrons. The molecular formula is C17H15N7O. The van der Waals surface area contributed by atoms with Crippen LogP contribution in [0.3, 0.4) is 0 Å². The Hall–Kier alpha value is -3.68. The maximum absolute atomic E-state index is 5.94. The number of nitrogens with zero attached hydrogens (tertiary/aromatic N) is 5. The van der Waals surface area contributed by atoms with Gasteiger partial charge in [0, 0.05) is 30.4 Å². The molecule has 8 heteroatoms. The second kappa shape index (κ2) is 6.08. The van der Waals surface area contributed by atoms with E-state index in [1.54, 1.807) is 30.4 Å². The van der Waals surface area contributed by atoms with Gasteiger partial charge in [-0.15, -0.1) is 0 Å². The molecule has 3 N–H and O–H groups in total. The molecular weight excluding hydrogens is 318 g/mol. The van der Waals surface area contributed by atoms with Crippen molar-refractivity contribution in [3.63, 3.8) is 0 Å². The molecule has 0 aliphatic carbocycles. The molecule has 1 aromatic carbocycles. The first-order chi connectivity index (χ1) is 12.2. The first kappa shape index (κ1) is 14.9. The van der Waals surface area contributed by atoms with Gasteiger partial charge in [0.25, 0.3) is 0 Å². The second-order valence-electron chi connectivity index (χ2n) is 5.42. The second-order valence-corrected chi connectivity index (χ2v) is 5.42. The number of nitrogens with one attached hydrogen (secondary N) is 1. The zero-order valence-electron chi connectivity index (χ0n) is 13.4. The van der Waals surface area contributed by atoms with Crippen LogP contribution < -0.4 is 11.1 Å². The molecule has 3 aromatic heterocycles. The molecule has 4 aromatic rings. The molecule has 25 heavy (non-hydrogen) atoms. The number of rotatable bonds is 4. The van der Waals surface area contributed by atoms with Crippen molar-refractivity contribution in [2.75, 3.05) is 11.1 Å². The van der Waals surface area contributed by atoms with Crippen LogP contribution in [0.5, 0.6) is 0 Å². The molecule has 0 bridgehead atoms. The minimum Gasteiger partial charge on any atom is -0.382 e. The molecule has 0 aliphatic heterocycles. The van der Waals surface area contributed by atoms with Gasteiger partial charge in [-0.2, -0.15) is 5.10 Å². The van der Waals surface area contributed by atoms with Crippen molar-refractivity contribution in [2.45, 2.75) is 0 Å². The number of hydrogen-bond donors (Lipinski definition) is 2. The first-order valence-corrected chi connectivity index (χ1v) is 7.59. The summed E-state index contributed by atoms with van der Waals surface area (Å²) in [7, 11) is 1.77. The summed E-state index contributed by atoms with van der Waals surface area (Å²) in [4.78, 5) is 8.79. The van der Waals surface area contributed by atoms with E-state index in [4.69, 9.17) is 10.3 Å². The highest BCUT2D eigenvalue weighted by molar-refractivity contribution is 5.71. The van der Waals surface area contributed by atoms with Crippen molar-refractivity contribution < 1.29 is 4.52 Å². The Balaban J connectivity index is 1.65. The molecule has 0 unspecified atom stereocenters. The van der Waals surface area contributed by atoms with Crippen LogP contribution in [-0.2, 0) is 7.05 Å². The lowest BCUT2D eigenvalue weighted by atomic mass is 10.1. The summed E-state index contributed by atoms with van der Waals surface area (Å²) in [5, 5.41) is 11.1. The number of nitrogen functional groups attached to an aromatic ring is 1. The van der Waals surface area contributed by atoms with Gasteiger partial charge < -0.3 is 15.6 Å². The average Bonchev–Trinajstić information content (AvgIpc) is 3.29. The van der Waals surface area contributed by atoms with E-state index in [1.165, 1.54) is 0 Å². The zero-order valence-corrected chi connectivity index (χ0v) is 13.4. The SMILES string of the molecule is Cn1ncc(Nc2nccc(-c3cccc(-c4ccon4)c3)n2)c1N. The normalized spacial score (nSPS) is 10.8. The summed E-state index contributed by atoms with van der Waals surface area (Å²) in [5.74, 6) is 0.964. The molecule has 0 fully saturated rings. The summed E-state index contributed by atoms with van der Waals surface area (Å²) in [6.45, 7) is 0. The van der Waals surface area contributed by atoms with Gasteiger partial charge in [-0.05, 0) is 12.1 Å². The van der Waals surface area contributed by atoms with Crippen LogP contribution >= 0.6 is 0 Å². The van der Waals surface area contributed by atoms with E-state index in [-0.39, 0.29) is 0 Å². The third kappa shape index (κ3) is 2.92. The highest BCUT2D eigenvalue weighted by atomic mass is 16.5. The van der Waals surface area contributed by atoms with Gasteiger partial charge >= 0.3 is 0 Å². The van der Waals surface area contributed by atoms with Gasteiger partial charge in [-0.3, -0.25) is 4.68 Å². The lowest BCUT2D eigenvalue weighted by Crippen LogP contribution is -2.02. The predicted molar refractivity (Wildman–Crippen MR) is 93.9 cm³/mol. The van der Waals surface area contributed by atoms with Crippen molar-refractivity contribution in [1.82, 2.24) is 24.9 Å². The first-order valence-electron chi connectivity index (χ1n) is 7.59. The van der Waals surface area contributed by atoms with Crippen LogP contribution in [0, 0.1) is 0 Å². The van der Waals surface area contributed by atoms with Crippen molar-refractivity contribution in [1.29, 1.82) is 0 Å². The van der Waals surface area contributed by atoms with Crippen LogP contribution in [-0.4, -0.2) is 24.9 Å². The number of aryl methyl sites for hydroxylation is 1. The van der Waals surface area contributed by atoms with Gasteiger partial charge in [0.15, 0.2) is 0 Å². The number of benzene rings is 1. The Morgan fingerprint density at radius 3 is 2.68 bits per heavy atom. The molecule has 8 nitrogen and oxygen atoms in total. The molecule has 4 rings (SSSR count). The highest BCUT2D eigenvalue weighted by Gasteiger charge is 2.09. The van der Waals surface area contributed by atoms with Gasteiger partial charge in [-0.25, -0.2) is 9.97 Å². The van der Waals surface area contributed by atoms with Crippen molar-refractivity contribution in [3.05, 3.63) is 55.1 Å². The van der Waals surface area contributed by atoms with Crippen LogP contribution in [0.4, 0.5) is 17.5 Å². The summed E-state index contributed by atoms with van der Waals surface area (Å²) < 4.78 is 6.48. The van der Waals surface area contributed by atoms with Gasteiger partial charge in [0.2, 0.25) is 5.95 Å². The smallest absolute Gasteiger partial charge is 0.227 e. The number of aromatic nitrogens is 5. The molecule has 0 spiro atoms. The monoisotopic (exact) mass is 333 g/mol. The fourth-order valence-corrected chi connectivity index (χ4v) is 2.44. The standard InChI is InChI=1S/C17H15N7O/c1-24-16(18)15(10-20-24)22-17-19-7-5-13(21-17)11-3-2-4-12(9-11)14-6-8-25-23-14/h2-10H,18H2,1H3,(H,19,21,22). The average molecular weight is 333 g/mol. The van der Waals surface area contributed by atoms with E-state index in [2.05, 4.69) is 25.5 Å². The van der Waals surface area contributed by atoms with Crippen LogP contribution in [0.15, 0.2) is 59.6 Å². The predicted octanol–water partition coefficient (Wildman–Crippen LogP) is 2.86. The third-order valence-electron chi connectivity index (χ3n) is 3.78. The van der Waals surface area contributed by atoms with E-state index in [9.17, 15) is 0 Å². The van der Waals surface area contributed by atoms with E-state index in [0.717, 1.165) is 22.5 Å². The summed E-state index contributed by atoms with van der Waals surface area (Å²) in [5.41, 5.74) is 10.1. The zero-order chi connectivity index (χ0) is 17.2. The summed E-state index contributed by atoms with van der Waals surface area (Å²) in [6, 6.07) is 11.6. The quantitative estimate of drug-likeness (QED) is 0.591. The van der Waals surface area contributed by atoms with Crippen LogP contribution in [0.2, 0.25) is 0 Å². The Labute approximate surface area is 143 Å². The number of anilines is 3.